The number of aliphatic hydroxyl groups is 1. The predicted octanol–water partition coefficient (Wildman–Crippen LogP) is 2.48. The molecule has 1 aromatic carbocycles. The average molecular weight is 290 g/mol. The van der Waals surface area contributed by atoms with Crippen LogP contribution >= 0.6 is 0 Å². The Morgan fingerprint density at radius 1 is 1.48 bits per heavy atom. The number of hydrogen-bond acceptors (Lipinski definition) is 3. The third-order valence-electron chi connectivity index (χ3n) is 4.11. The monoisotopic (exact) mass is 290 g/mol. The molecule has 1 saturated heterocycles. The second-order valence-corrected chi connectivity index (χ2v) is 6.22. The highest BCUT2D eigenvalue weighted by Gasteiger charge is 2.27. The van der Waals surface area contributed by atoms with Gasteiger partial charge in [0.25, 0.3) is 0 Å². The summed E-state index contributed by atoms with van der Waals surface area (Å²) in [6.07, 6.45) is 2.62. The van der Waals surface area contributed by atoms with Crippen molar-refractivity contribution in [2.24, 2.45) is 0 Å². The van der Waals surface area contributed by atoms with E-state index in [1.807, 2.05) is 32.9 Å². The van der Waals surface area contributed by atoms with Gasteiger partial charge in [0.2, 0.25) is 5.91 Å². The van der Waals surface area contributed by atoms with Crippen LogP contribution in [0.3, 0.4) is 0 Å². The Kier molecular flexibility index (Phi) is 5.37. The van der Waals surface area contributed by atoms with Crippen LogP contribution in [0.1, 0.15) is 37.3 Å². The quantitative estimate of drug-likeness (QED) is 0.876. The minimum absolute atomic E-state index is 0.0273. The van der Waals surface area contributed by atoms with Crippen LogP contribution in [-0.4, -0.2) is 41.1 Å². The summed E-state index contributed by atoms with van der Waals surface area (Å²) in [5.74, 6) is 0.0273. The number of nitrogens with zero attached hydrogens (tertiary/aromatic N) is 1. The van der Waals surface area contributed by atoms with E-state index in [2.05, 4.69) is 16.3 Å². The Labute approximate surface area is 127 Å². The van der Waals surface area contributed by atoms with Gasteiger partial charge in [0.05, 0.1) is 12.6 Å². The van der Waals surface area contributed by atoms with Crippen LogP contribution in [0, 0.1) is 13.8 Å². The number of rotatable bonds is 5. The van der Waals surface area contributed by atoms with Crippen molar-refractivity contribution in [3.63, 3.8) is 0 Å². The van der Waals surface area contributed by atoms with Crippen molar-refractivity contribution in [1.82, 2.24) is 4.90 Å². The van der Waals surface area contributed by atoms with E-state index < -0.39 is 0 Å². The van der Waals surface area contributed by atoms with Crippen molar-refractivity contribution in [1.29, 1.82) is 0 Å². The molecule has 1 fully saturated rings. The maximum Gasteiger partial charge on any atom is 0.238 e. The molecule has 0 bridgehead atoms. The molecule has 2 atom stereocenters. The Bertz CT molecular complexity index is 500. The summed E-state index contributed by atoms with van der Waals surface area (Å²) in [7, 11) is 0. The summed E-state index contributed by atoms with van der Waals surface area (Å²) in [6.45, 7) is 7.22. The smallest absolute Gasteiger partial charge is 0.238 e. The number of benzene rings is 1. The van der Waals surface area contributed by atoms with Gasteiger partial charge in [0, 0.05) is 11.7 Å². The van der Waals surface area contributed by atoms with Gasteiger partial charge >= 0.3 is 0 Å². The summed E-state index contributed by atoms with van der Waals surface area (Å²) in [4.78, 5) is 14.4. The van der Waals surface area contributed by atoms with Crippen LogP contribution in [0.25, 0.3) is 0 Å². The number of carbonyl (C=O) groups excluding carboxylic acids is 1. The van der Waals surface area contributed by atoms with Gasteiger partial charge < -0.3 is 10.4 Å². The maximum absolute atomic E-state index is 12.2. The molecule has 1 aliphatic rings. The SMILES string of the molecule is Cc1ccc(NC(=O)CN2CCCC2CC(C)O)c(C)c1. The summed E-state index contributed by atoms with van der Waals surface area (Å²) in [5, 5.41) is 12.5. The lowest BCUT2D eigenvalue weighted by Crippen LogP contribution is -2.38. The van der Waals surface area contributed by atoms with Crippen molar-refractivity contribution in [3.05, 3.63) is 29.3 Å². The molecule has 0 radical (unpaired) electrons. The lowest BCUT2D eigenvalue weighted by atomic mass is 10.1. The minimum Gasteiger partial charge on any atom is -0.393 e. The lowest BCUT2D eigenvalue weighted by molar-refractivity contribution is -0.117. The first-order valence-electron chi connectivity index (χ1n) is 7.75. The first-order chi connectivity index (χ1) is 9.95. The van der Waals surface area contributed by atoms with Crippen molar-refractivity contribution >= 4 is 11.6 Å². The summed E-state index contributed by atoms with van der Waals surface area (Å²) in [5.41, 5.74) is 3.17. The Morgan fingerprint density at radius 3 is 2.90 bits per heavy atom. The van der Waals surface area contributed by atoms with Crippen molar-refractivity contribution in [2.45, 2.75) is 52.2 Å². The Hall–Kier alpha value is -1.39. The molecule has 116 valence electrons. The van der Waals surface area contributed by atoms with Gasteiger partial charge in [-0.25, -0.2) is 0 Å². The average Bonchev–Trinajstić information content (AvgIpc) is 2.79. The van der Waals surface area contributed by atoms with Gasteiger partial charge in [-0.3, -0.25) is 9.69 Å². The van der Waals surface area contributed by atoms with E-state index in [9.17, 15) is 9.90 Å². The molecule has 1 aliphatic heterocycles. The zero-order chi connectivity index (χ0) is 15.4. The molecule has 4 nitrogen and oxygen atoms in total. The standard InChI is InChI=1S/C17H26N2O2/c1-12-6-7-16(13(2)9-12)18-17(21)11-19-8-4-5-15(19)10-14(3)20/h6-7,9,14-15,20H,4-5,8,10-11H2,1-3H3,(H,18,21). The first kappa shape index (κ1) is 16.0. The molecule has 2 rings (SSSR count). The number of anilines is 1. The number of amides is 1. The molecule has 4 heteroatoms. The van der Waals surface area contributed by atoms with Crippen LogP contribution in [-0.2, 0) is 4.79 Å². The molecular weight excluding hydrogens is 264 g/mol. The van der Waals surface area contributed by atoms with Crippen LogP contribution in [0.5, 0.6) is 0 Å². The van der Waals surface area contributed by atoms with E-state index in [1.165, 1.54) is 5.56 Å². The second-order valence-electron chi connectivity index (χ2n) is 6.22. The van der Waals surface area contributed by atoms with Gasteiger partial charge in [-0.05, 0) is 58.2 Å². The molecule has 0 aromatic heterocycles. The van der Waals surface area contributed by atoms with Crippen LogP contribution in [0.4, 0.5) is 5.69 Å². The maximum atomic E-state index is 12.2. The van der Waals surface area contributed by atoms with Crippen molar-refractivity contribution < 1.29 is 9.90 Å². The molecular formula is C17H26N2O2. The molecule has 2 N–H and O–H groups in total. The van der Waals surface area contributed by atoms with E-state index in [-0.39, 0.29) is 12.0 Å². The fourth-order valence-corrected chi connectivity index (χ4v) is 3.09. The predicted molar refractivity (Wildman–Crippen MR) is 85.4 cm³/mol. The van der Waals surface area contributed by atoms with Crippen LogP contribution < -0.4 is 5.32 Å². The van der Waals surface area contributed by atoms with E-state index in [0.717, 1.165) is 37.1 Å². The molecule has 0 spiro atoms. The molecule has 1 heterocycles. The van der Waals surface area contributed by atoms with Gasteiger partial charge in [-0.15, -0.1) is 0 Å². The number of likely N-dealkylation sites (tertiary alicyclic amines) is 1. The van der Waals surface area contributed by atoms with E-state index in [1.54, 1.807) is 0 Å². The van der Waals surface area contributed by atoms with Gasteiger partial charge in [-0.2, -0.15) is 0 Å². The zero-order valence-electron chi connectivity index (χ0n) is 13.2. The molecule has 0 saturated carbocycles. The number of aryl methyl sites for hydroxylation is 2. The Morgan fingerprint density at radius 2 is 2.24 bits per heavy atom. The topological polar surface area (TPSA) is 52.6 Å². The zero-order valence-corrected chi connectivity index (χ0v) is 13.2. The van der Waals surface area contributed by atoms with E-state index in [4.69, 9.17) is 0 Å². The third-order valence-corrected chi connectivity index (χ3v) is 4.11. The van der Waals surface area contributed by atoms with Gasteiger partial charge in [0.1, 0.15) is 0 Å². The number of aliphatic hydroxyl groups excluding tert-OH is 1. The van der Waals surface area contributed by atoms with E-state index in [0.29, 0.717) is 12.6 Å². The summed E-state index contributed by atoms with van der Waals surface area (Å²) < 4.78 is 0. The van der Waals surface area contributed by atoms with Gasteiger partial charge in [-0.1, -0.05) is 17.7 Å². The van der Waals surface area contributed by atoms with Crippen LogP contribution in [0.15, 0.2) is 18.2 Å². The molecule has 2 unspecified atom stereocenters. The van der Waals surface area contributed by atoms with E-state index >= 15 is 0 Å². The highest BCUT2D eigenvalue weighted by Crippen LogP contribution is 2.21. The molecule has 1 amide bonds. The third kappa shape index (κ3) is 4.55. The number of hydrogen-bond donors (Lipinski definition) is 2. The van der Waals surface area contributed by atoms with Gasteiger partial charge in [0.15, 0.2) is 0 Å². The largest absolute Gasteiger partial charge is 0.393 e. The second kappa shape index (κ2) is 7.05. The number of carbonyl (C=O) groups is 1. The van der Waals surface area contributed by atoms with Crippen molar-refractivity contribution in [2.75, 3.05) is 18.4 Å². The summed E-state index contributed by atoms with van der Waals surface area (Å²) in [6, 6.07) is 6.37. The fraction of sp³-hybridized carbons (Fsp3) is 0.588. The fourth-order valence-electron chi connectivity index (χ4n) is 3.09. The highest BCUT2D eigenvalue weighted by atomic mass is 16.3. The van der Waals surface area contributed by atoms with Crippen molar-refractivity contribution in [3.8, 4) is 0 Å². The number of nitrogens with one attached hydrogen (secondary N) is 1. The molecule has 1 aromatic rings. The molecule has 0 aliphatic carbocycles. The summed E-state index contributed by atoms with van der Waals surface area (Å²) >= 11 is 0. The lowest BCUT2D eigenvalue weighted by Gasteiger charge is -2.25. The Balaban J connectivity index is 1.92. The molecule has 21 heavy (non-hydrogen) atoms. The first-order valence-corrected chi connectivity index (χ1v) is 7.75. The highest BCUT2D eigenvalue weighted by molar-refractivity contribution is 5.93. The van der Waals surface area contributed by atoms with Crippen LogP contribution in [0.2, 0.25) is 0 Å². The minimum atomic E-state index is -0.307. The normalized spacial score (nSPS) is 20.5.